The van der Waals surface area contributed by atoms with Gasteiger partial charge in [0.05, 0.1) is 15.7 Å². The zero-order valence-electron chi connectivity index (χ0n) is 13.6. The number of nitrogens with zero attached hydrogens (tertiary/aromatic N) is 2. The highest BCUT2D eigenvalue weighted by molar-refractivity contribution is 6.42. The number of hydrazone groups is 1. The van der Waals surface area contributed by atoms with Gasteiger partial charge in [-0.05, 0) is 30.3 Å². The standard InChI is InChI=1S/C16H13Cl2N3O.C2H6/c17-13-7-6-12(10-14(13)18)21-9-8-15(20-21)19-16(22)11-4-2-1-3-5-11;1-2/h1-7,10H,8-9H2,(H,19,20,22);1-2H3. The molecule has 0 spiro atoms. The van der Waals surface area contributed by atoms with Crippen molar-refractivity contribution in [1.82, 2.24) is 5.32 Å². The van der Waals surface area contributed by atoms with Gasteiger partial charge in [0.25, 0.3) is 5.91 Å². The summed E-state index contributed by atoms with van der Waals surface area (Å²) in [6, 6.07) is 14.4. The third kappa shape index (κ3) is 4.49. The van der Waals surface area contributed by atoms with Crippen molar-refractivity contribution >= 4 is 40.6 Å². The molecule has 1 aliphatic heterocycles. The second-order valence-corrected chi connectivity index (χ2v) is 5.65. The molecule has 0 bridgehead atoms. The Morgan fingerprint density at radius 1 is 1.08 bits per heavy atom. The minimum atomic E-state index is -0.157. The van der Waals surface area contributed by atoms with Crippen LogP contribution in [0.5, 0.6) is 0 Å². The number of carbonyl (C=O) groups is 1. The van der Waals surface area contributed by atoms with Crippen molar-refractivity contribution in [3.8, 4) is 0 Å². The average molecular weight is 364 g/mol. The highest BCUT2D eigenvalue weighted by atomic mass is 35.5. The van der Waals surface area contributed by atoms with Crippen LogP contribution in [0.1, 0.15) is 30.6 Å². The first kappa shape index (κ1) is 18.3. The van der Waals surface area contributed by atoms with Crippen molar-refractivity contribution in [3.05, 3.63) is 64.1 Å². The molecule has 6 heteroatoms. The summed E-state index contributed by atoms with van der Waals surface area (Å²) in [6.07, 6.45) is 0.665. The molecule has 0 unspecified atom stereocenters. The lowest BCUT2D eigenvalue weighted by Gasteiger charge is -2.13. The third-order valence-electron chi connectivity index (χ3n) is 3.30. The molecule has 4 nitrogen and oxygen atoms in total. The molecular formula is C18H19Cl2N3O. The van der Waals surface area contributed by atoms with Crippen molar-refractivity contribution in [1.29, 1.82) is 0 Å². The molecule has 2 aromatic rings. The molecule has 24 heavy (non-hydrogen) atoms. The lowest BCUT2D eigenvalue weighted by molar-refractivity contribution is 0.0976. The molecule has 0 fully saturated rings. The topological polar surface area (TPSA) is 44.7 Å². The highest BCUT2D eigenvalue weighted by Crippen LogP contribution is 2.28. The van der Waals surface area contributed by atoms with Crippen LogP contribution in [-0.2, 0) is 0 Å². The van der Waals surface area contributed by atoms with E-state index in [1.165, 1.54) is 0 Å². The van der Waals surface area contributed by atoms with Crippen LogP contribution in [0.3, 0.4) is 0 Å². The Balaban J connectivity index is 0.00000100. The van der Waals surface area contributed by atoms with Gasteiger partial charge in [-0.2, -0.15) is 5.10 Å². The fraction of sp³-hybridized carbons (Fsp3) is 0.222. The summed E-state index contributed by atoms with van der Waals surface area (Å²) >= 11 is 11.9. The smallest absolute Gasteiger partial charge is 0.256 e. The summed E-state index contributed by atoms with van der Waals surface area (Å²) in [7, 11) is 0. The molecule has 0 saturated carbocycles. The first-order chi connectivity index (χ1) is 11.6. The molecule has 0 aromatic heterocycles. The van der Waals surface area contributed by atoms with Gasteiger partial charge in [-0.3, -0.25) is 9.80 Å². The predicted molar refractivity (Wildman–Crippen MR) is 101 cm³/mol. The van der Waals surface area contributed by atoms with Crippen molar-refractivity contribution < 1.29 is 4.79 Å². The number of amides is 1. The monoisotopic (exact) mass is 363 g/mol. The summed E-state index contributed by atoms with van der Waals surface area (Å²) in [4.78, 5) is 12.1. The molecule has 0 radical (unpaired) electrons. The van der Waals surface area contributed by atoms with Gasteiger partial charge in [-0.25, -0.2) is 0 Å². The van der Waals surface area contributed by atoms with Gasteiger partial charge in [-0.15, -0.1) is 0 Å². The maximum absolute atomic E-state index is 12.1. The molecule has 0 atom stereocenters. The predicted octanol–water partition coefficient (Wildman–Crippen LogP) is 4.97. The summed E-state index contributed by atoms with van der Waals surface area (Å²) in [6.45, 7) is 4.68. The minimum Gasteiger partial charge on any atom is -0.309 e. The maximum atomic E-state index is 12.1. The van der Waals surface area contributed by atoms with Gasteiger partial charge in [0.1, 0.15) is 5.84 Å². The number of anilines is 1. The number of benzene rings is 2. The molecule has 0 aliphatic carbocycles. The van der Waals surface area contributed by atoms with E-state index in [1.807, 2.05) is 38.1 Å². The molecule has 0 saturated heterocycles. The Kier molecular flexibility index (Phi) is 6.64. The maximum Gasteiger partial charge on any atom is 0.256 e. The lowest BCUT2D eigenvalue weighted by Crippen LogP contribution is -2.29. The van der Waals surface area contributed by atoms with Crippen molar-refractivity contribution in [2.75, 3.05) is 11.6 Å². The lowest BCUT2D eigenvalue weighted by atomic mass is 10.2. The van der Waals surface area contributed by atoms with Gasteiger partial charge < -0.3 is 5.32 Å². The van der Waals surface area contributed by atoms with Crippen LogP contribution in [0.25, 0.3) is 0 Å². The van der Waals surface area contributed by atoms with Crippen LogP contribution < -0.4 is 10.3 Å². The van der Waals surface area contributed by atoms with E-state index in [1.54, 1.807) is 29.3 Å². The fourth-order valence-corrected chi connectivity index (χ4v) is 2.46. The van der Waals surface area contributed by atoms with E-state index in [0.29, 0.717) is 34.4 Å². The minimum absolute atomic E-state index is 0.157. The van der Waals surface area contributed by atoms with Crippen LogP contribution >= 0.6 is 23.2 Å². The third-order valence-corrected chi connectivity index (χ3v) is 4.04. The van der Waals surface area contributed by atoms with Crippen molar-refractivity contribution in [2.24, 2.45) is 5.10 Å². The van der Waals surface area contributed by atoms with Crippen LogP contribution in [0.4, 0.5) is 5.69 Å². The van der Waals surface area contributed by atoms with Gasteiger partial charge in [-0.1, -0.05) is 55.2 Å². The Hall–Kier alpha value is -2.04. The van der Waals surface area contributed by atoms with E-state index in [9.17, 15) is 4.79 Å². The Bertz CT molecular complexity index is 732. The summed E-state index contributed by atoms with van der Waals surface area (Å²) in [5, 5.41) is 10.0. The van der Waals surface area contributed by atoms with E-state index in [4.69, 9.17) is 23.2 Å². The van der Waals surface area contributed by atoms with Gasteiger partial charge in [0.2, 0.25) is 0 Å². The molecule has 1 aliphatic rings. The number of rotatable bonds is 2. The average Bonchev–Trinajstić information content (AvgIpc) is 3.08. The zero-order valence-corrected chi connectivity index (χ0v) is 15.1. The van der Waals surface area contributed by atoms with E-state index in [2.05, 4.69) is 10.4 Å². The van der Waals surface area contributed by atoms with E-state index in [-0.39, 0.29) is 5.91 Å². The summed E-state index contributed by atoms with van der Waals surface area (Å²) < 4.78 is 0. The van der Waals surface area contributed by atoms with Crippen LogP contribution in [0, 0.1) is 0 Å². The number of nitrogens with one attached hydrogen (secondary N) is 1. The van der Waals surface area contributed by atoms with Gasteiger partial charge in [0, 0.05) is 18.5 Å². The molecular weight excluding hydrogens is 345 g/mol. The summed E-state index contributed by atoms with van der Waals surface area (Å²) in [5.74, 6) is 0.482. The van der Waals surface area contributed by atoms with Crippen LogP contribution in [0.15, 0.2) is 53.6 Å². The van der Waals surface area contributed by atoms with E-state index >= 15 is 0 Å². The van der Waals surface area contributed by atoms with Gasteiger partial charge >= 0.3 is 0 Å². The number of carbonyl (C=O) groups excluding carboxylic acids is 1. The van der Waals surface area contributed by atoms with E-state index < -0.39 is 0 Å². The van der Waals surface area contributed by atoms with Crippen LogP contribution in [-0.4, -0.2) is 18.3 Å². The second kappa shape index (κ2) is 8.71. The van der Waals surface area contributed by atoms with Crippen molar-refractivity contribution in [3.63, 3.8) is 0 Å². The largest absolute Gasteiger partial charge is 0.309 e. The molecule has 2 aromatic carbocycles. The number of hydrogen-bond acceptors (Lipinski definition) is 3. The van der Waals surface area contributed by atoms with Crippen LogP contribution in [0.2, 0.25) is 10.0 Å². The zero-order chi connectivity index (χ0) is 17.5. The summed E-state index contributed by atoms with van der Waals surface area (Å²) in [5.41, 5.74) is 1.46. The first-order valence-corrected chi connectivity index (χ1v) is 8.55. The first-order valence-electron chi connectivity index (χ1n) is 7.80. The van der Waals surface area contributed by atoms with Crippen molar-refractivity contribution in [2.45, 2.75) is 20.3 Å². The second-order valence-electron chi connectivity index (χ2n) is 4.84. The fourth-order valence-electron chi connectivity index (χ4n) is 2.17. The molecule has 3 rings (SSSR count). The quantitative estimate of drug-likeness (QED) is 0.817. The highest BCUT2D eigenvalue weighted by Gasteiger charge is 2.18. The Labute approximate surface area is 152 Å². The normalized spacial score (nSPS) is 13.0. The SMILES string of the molecule is CC.O=C(NC1=NN(c2ccc(Cl)c(Cl)c2)CC1)c1ccccc1. The Morgan fingerprint density at radius 3 is 2.46 bits per heavy atom. The number of amidine groups is 1. The number of halogens is 2. The molecule has 1 amide bonds. The molecule has 1 heterocycles. The number of hydrogen-bond donors (Lipinski definition) is 1. The van der Waals surface area contributed by atoms with E-state index in [0.717, 1.165) is 5.69 Å². The Morgan fingerprint density at radius 2 is 1.79 bits per heavy atom. The molecule has 1 N–H and O–H groups in total. The molecule has 126 valence electrons. The van der Waals surface area contributed by atoms with Gasteiger partial charge in [0.15, 0.2) is 0 Å².